The van der Waals surface area contributed by atoms with Crippen molar-refractivity contribution in [3.63, 3.8) is 0 Å². The fourth-order valence-corrected chi connectivity index (χ4v) is 1.69. The molecule has 6 nitrogen and oxygen atoms in total. The first-order valence-electron chi connectivity index (χ1n) is 6.25. The van der Waals surface area contributed by atoms with Crippen molar-refractivity contribution in [1.82, 2.24) is 0 Å². The third kappa shape index (κ3) is 4.76. The lowest BCUT2D eigenvalue weighted by Gasteiger charge is -2.08. The number of carboxylic acids is 2. The number of rotatable bonds is 7. The summed E-state index contributed by atoms with van der Waals surface area (Å²) in [5.41, 5.74) is 0.753. The maximum absolute atomic E-state index is 11.2. The quantitative estimate of drug-likeness (QED) is 0.453. The predicted molar refractivity (Wildman–Crippen MR) is 74.5 cm³/mol. The Morgan fingerprint density at radius 2 is 1.86 bits per heavy atom. The molecule has 0 unspecified atom stereocenters. The molecule has 0 atom stereocenters. The molecule has 1 aromatic rings. The van der Waals surface area contributed by atoms with Gasteiger partial charge in [-0.05, 0) is 43.5 Å². The highest BCUT2D eigenvalue weighted by Gasteiger charge is 2.13. The molecule has 21 heavy (non-hydrogen) atoms. The van der Waals surface area contributed by atoms with E-state index in [9.17, 15) is 14.4 Å². The summed E-state index contributed by atoms with van der Waals surface area (Å²) in [6, 6.07) is 3.84. The molecule has 2 N–H and O–H groups in total. The summed E-state index contributed by atoms with van der Waals surface area (Å²) in [5, 5.41) is 18.0. The first-order chi connectivity index (χ1) is 9.82. The van der Waals surface area contributed by atoms with Gasteiger partial charge in [-0.2, -0.15) is 0 Å². The van der Waals surface area contributed by atoms with Crippen molar-refractivity contribution in [1.29, 1.82) is 0 Å². The molecule has 0 aliphatic heterocycles. The number of aryl methyl sites for hydroxylation is 1. The molecule has 6 heteroatoms. The molecule has 0 aliphatic carbocycles. The van der Waals surface area contributed by atoms with Crippen molar-refractivity contribution in [3.8, 4) is 0 Å². The SMILES string of the molecule is C=C(C)C(=O)OCCCc1cc(C(=O)O)ccc1C(=O)O. The number of aromatic carboxylic acids is 2. The third-order valence-corrected chi connectivity index (χ3v) is 2.75. The Labute approximate surface area is 121 Å². The van der Waals surface area contributed by atoms with E-state index in [0.29, 0.717) is 18.4 Å². The number of esters is 1. The predicted octanol–water partition coefficient (Wildman–Crippen LogP) is 2.13. The highest BCUT2D eigenvalue weighted by Crippen LogP contribution is 2.15. The van der Waals surface area contributed by atoms with Crippen LogP contribution in [0.3, 0.4) is 0 Å². The Balaban J connectivity index is 2.74. The van der Waals surface area contributed by atoms with Gasteiger partial charge in [0, 0.05) is 5.57 Å². The van der Waals surface area contributed by atoms with Crippen LogP contribution < -0.4 is 0 Å². The van der Waals surface area contributed by atoms with Gasteiger partial charge in [0.15, 0.2) is 0 Å². The summed E-state index contributed by atoms with van der Waals surface area (Å²) in [4.78, 5) is 33.2. The second-order valence-corrected chi connectivity index (χ2v) is 4.50. The number of hydrogen-bond donors (Lipinski definition) is 2. The topological polar surface area (TPSA) is 101 Å². The van der Waals surface area contributed by atoms with Crippen LogP contribution in [0.5, 0.6) is 0 Å². The average Bonchev–Trinajstić information content (AvgIpc) is 2.42. The Bertz CT molecular complexity index is 588. The zero-order chi connectivity index (χ0) is 16.0. The number of benzene rings is 1. The number of hydrogen-bond acceptors (Lipinski definition) is 4. The first-order valence-corrected chi connectivity index (χ1v) is 6.25. The smallest absolute Gasteiger partial charge is 0.335 e. The third-order valence-electron chi connectivity index (χ3n) is 2.75. The molecule has 0 radical (unpaired) electrons. The molecule has 0 fully saturated rings. The van der Waals surface area contributed by atoms with Crippen LogP contribution in [0.2, 0.25) is 0 Å². The van der Waals surface area contributed by atoms with Crippen molar-refractivity contribution in [3.05, 3.63) is 47.0 Å². The van der Waals surface area contributed by atoms with Gasteiger partial charge in [-0.1, -0.05) is 6.58 Å². The number of ether oxygens (including phenoxy) is 1. The van der Waals surface area contributed by atoms with Gasteiger partial charge < -0.3 is 14.9 Å². The van der Waals surface area contributed by atoms with Gasteiger partial charge in [0.05, 0.1) is 17.7 Å². The van der Waals surface area contributed by atoms with E-state index in [4.69, 9.17) is 14.9 Å². The molecule has 0 amide bonds. The lowest BCUT2D eigenvalue weighted by Crippen LogP contribution is -2.09. The number of carbonyl (C=O) groups excluding carboxylic acids is 1. The average molecular weight is 292 g/mol. The lowest BCUT2D eigenvalue weighted by atomic mass is 10.00. The van der Waals surface area contributed by atoms with Crippen molar-refractivity contribution in [2.45, 2.75) is 19.8 Å². The number of carboxylic acid groups (broad SMARTS) is 2. The Kier molecular flexibility index (Phi) is 5.66. The molecule has 112 valence electrons. The van der Waals surface area contributed by atoms with E-state index in [1.165, 1.54) is 25.1 Å². The second-order valence-electron chi connectivity index (χ2n) is 4.50. The van der Waals surface area contributed by atoms with E-state index in [1.807, 2.05) is 0 Å². The number of carbonyl (C=O) groups is 3. The lowest BCUT2D eigenvalue weighted by molar-refractivity contribution is -0.139. The van der Waals surface area contributed by atoms with Crippen LogP contribution in [-0.4, -0.2) is 34.7 Å². The first kappa shape index (κ1) is 16.4. The van der Waals surface area contributed by atoms with Crippen molar-refractivity contribution in [2.24, 2.45) is 0 Å². The monoisotopic (exact) mass is 292 g/mol. The summed E-state index contributed by atoms with van der Waals surface area (Å²) >= 11 is 0. The van der Waals surface area contributed by atoms with E-state index in [-0.39, 0.29) is 23.3 Å². The van der Waals surface area contributed by atoms with Crippen LogP contribution in [0.1, 0.15) is 39.6 Å². The zero-order valence-electron chi connectivity index (χ0n) is 11.6. The minimum absolute atomic E-state index is 0.0222. The molecular weight excluding hydrogens is 276 g/mol. The van der Waals surface area contributed by atoms with E-state index in [1.54, 1.807) is 0 Å². The standard InChI is InChI=1S/C15H16O6/c1-9(2)15(20)21-7-3-4-10-8-11(13(16)17)5-6-12(10)14(18)19/h5-6,8H,1,3-4,7H2,2H3,(H,16,17)(H,18,19). The molecule has 0 aliphatic rings. The van der Waals surface area contributed by atoms with Gasteiger partial charge in [-0.15, -0.1) is 0 Å². The summed E-state index contributed by atoms with van der Waals surface area (Å²) in [7, 11) is 0. The van der Waals surface area contributed by atoms with Crippen LogP contribution >= 0.6 is 0 Å². The van der Waals surface area contributed by atoms with Gasteiger partial charge in [-0.3, -0.25) is 0 Å². The van der Waals surface area contributed by atoms with Crippen molar-refractivity contribution >= 4 is 17.9 Å². The molecule has 0 heterocycles. The van der Waals surface area contributed by atoms with Crippen LogP contribution in [0.25, 0.3) is 0 Å². The molecule has 0 saturated carbocycles. The van der Waals surface area contributed by atoms with Gasteiger partial charge in [0.2, 0.25) is 0 Å². The second kappa shape index (κ2) is 7.23. The van der Waals surface area contributed by atoms with Crippen LogP contribution in [0.15, 0.2) is 30.4 Å². The highest BCUT2D eigenvalue weighted by atomic mass is 16.5. The van der Waals surface area contributed by atoms with Crippen molar-refractivity contribution < 1.29 is 29.3 Å². The van der Waals surface area contributed by atoms with Gasteiger partial charge >= 0.3 is 17.9 Å². The van der Waals surface area contributed by atoms with E-state index in [2.05, 4.69) is 6.58 Å². The maximum atomic E-state index is 11.2. The molecule has 0 saturated heterocycles. The van der Waals surface area contributed by atoms with E-state index >= 15 is 0 Å². The van der Waals surface area contributed by atoms with E-state index in [0.717, 1.165) is 0 Å². The summed E-state index contributed by atoms with van der Waals surface area (Å²) in [5.74, 6) is -2.75. The molecule has 1 aromatic carbocycles. The summed E-state index contributed by atoms with van der Waals surface area (Å²) in [6.07, 6.45) is 0.689. The molecule has 0 spiro atoms. The van der Waals surface area contributed by atoms with Crippen LogP contribution in [0.4, 0.5) is 0 Å². The van der Waals surface area contributed by atoms with E-state index < -0.39 is 17.9 Å². The van der Waals surface area contributed by atoms with Crippen molar-refractivity contribution in [2.75, 3.05) is 6.61 Å². The molecular formula is C15H16O6. The highest BCUT2D eigenvalue weighted by molar-refractivity contribution is 5.93. The normalized spacial score (nSPS) is 9.95. The molecule has 0 aromatic heterocycles. The summed E-state index contributed by atoms with van der Waals surface area (Å²) < 4.78 is 4.90. The van der Waals surface area contributed by atoms with Gasteiger partial charge in [0.1, 0.15) is 0 Å². The minimum atomic E-state index is -1.12. The van der Waals surface area contributed by atoms with Crippen LogP contribution in [-0.2, 0) is 16.0 Å². The van der Waals surface area contributed by atoms with Gasteiger partial charge in [0.25, 0.3) is 0 Å². The Morgan fingerprint density at radius 3 is 2.38 bits per heavy atom. The van der Waals surface area contributed by atoms with Gasteiger partial charge in [-0.25, -0.2) is 14.4 Å². The largest absolute Gasteiger partial charge is 0.478 e. The maximum Gasteiger partial charge on any atom is 0.335 e. The minimum Gasteiger partial charge on any atom is -0.478 e. The zero-order valence-corrected chi connectivity index (χ0v) is 11.6. The summed E-state index contributed by atoms with van der Waals surface area (Å²) in [6.45, 7) is 5.08. The Morgan fingerprint density at radius 1 is 1.19 bits per heavy atom. The fourth-order valence-electron chi connectivity index (χ4n) is 1.69. The van der Waals surface area contributed by atoms with Crippen LogP contribution in [0, 0.1) is 0 Å². The fraction of sp³-hybridized carbons (Fsp3) is 0.267. The Hall–Kier alpha value is -2.63. The molecule has 0 bridgehead atoms. The molecule has 1 rings (SSSR count).